The minimum absolute atomic E-state index is 0.134. The van der Waals surface area contributed by atoms with Crippen molar-refractivity contribution in [3.05, 3.63) is 36.6 Å². The van der Waals surface area contributed by atoms with Crippen LogP contribution in [0.25, 0.3) is 11.3 Å². The second-order valence-electron chi connectivity index (χ2n) is 2.72. The summed E-state index contributed by atoms with van der Waals surface area (Å²) in [5.41, 5.74) is 6.75. The van der Waals surface area contributed by atoms with Gasteiger partial charge in [0.1, 0.15) is 11.5 Å². The molecule has 0 aliphatic rings. The average molecular weight is 175 g/mol. The zero-order valence-corrected chi connectivity index (χ0v) is 6.90. The maximum Gasteiger partial charge on any atom is 0.139 e. The number of benzene rings is 1. The average Bonchev–Trinajstić information content (AvgIpc) is 2.57. The van der Waals surface area contributed by atoms with Crippen molar-refractivity contribution in [1.82, 2.24) is 0 Å². The fraction of sp³-hybridized carbons (Fsp3) is 0. The molecule has 0 aliphatic carbocycles. The molecule has 0 saturated carbocycles. The molecule has 0 bridgehead atoms. The molecule has 2 rings (SSSR count). The molecular formula is C10H9NO2. The van der Waals surface area contributed by atoms with Gasteiger partial charge >= 0.3 is 0 Å². The van der Waals surface area contributed by atoms with E-state index in [1.165, 1.54) is 0 Å². The molecule has 0 unspecified atom stereocenters. The molecule has 0 saturated heterocycles. The molecule has 0 amide bonds. The largest absolute Gasteiger partial charge is 0.507 e. The Hall–Kier alpha value is -1.90. The Morgan fingerprint density at radius 2 is 2.00 bits per heavy atom. The highest BCUT2D eigenvalue weighted by atomic mass is 16.3. The lowest BCUT2D eigenvalue weighted by Crippen LogP contribution is -1.88. The van der Waals surface area contributed by atoms with Gasteiger partial charge in [-0.05, 0) is 24.3 Å². The number of aromatic hydroxyl groups is 1. The van der Waals surface area contributed by atoms with Gasteiger partial charge in [0, 0.05) is 5.69 Å². The van der Waals surface area contributed by atoms with E-state index in [-0.39, 0.29) is 5.75 Å². The topological polar surface area (TPSA) is 59.4 Å². The molecule has 0 radical (unpaired) electrons. The molecule has 66 valence electrons. The molecule has 0 aliphatic heterocycles. The summed E-state index contributed by atoms with van der Waals surface area (Å²) in [7, 11) is 0. The number of nitrogens with two attached hydrogens (primary N) is 1. The van der Waals surface area contributed by atoms with Crippen molar-refractivity contribution in [3.8, 4) is 17.1 Å². The molecule has 13 heavy (non-hydrogen) atoms. The number of rotatable bonds is 1. The van der Waals surface area contributed by atoms with Gasteiger partial charge in [0.05, 0.1) is 11.8 Å². The minimum Gasteiger partial charge on any atom is -0.507 e. The summed E-state index contributed by atoms with van der Waals surface area (Å²) in [5.74, 6) is 0.713. The highest BCUT2D eigenvalue weighted by Crippen LogP contribution is 2.34. The van der Waals surface area contributed by atoms with E-state index in [9.17, 15) is 5.11 Å². The van der Waals surface area contributed by atoms with Gasteiger partial charge in [0.25, 0.3) is 0 Å². The number of phenolic OH excluding ortho intramolecular Hbond substituents is 1. The summed E-state index contributed by atoms with van der Waals surface area (Å²) in [5, 5.41) is 9.52. The summed E-state index contributed by atoms with van der Waals surface area (Å²) in [4.78, 5) is 0. The summed E-state index contributed by atoms with van der Waals surface area (Å²) in [6.07, 6.45) is 1.54. The van der Waals surface area contributed by atoms with Crippen LogP contribution in [0.4, 0.5) is 5.69 Å². The lowest BCUT2D eigenvalue weighted by Gasteiger charge is -2.03. The van der Waals surface area contributed by atoms with Crippen LogP contribution in [0, 0.1) is 0 Å². The minimum atomic E-state index is 0.134. The zero-order chi connectivity index (χ0) is 9.26. The highest BCUT2D eigenvalue weighted by Gasteiger charge is 2.09. The monoisotopic (exact) mass is 175 g/mol. The van der Waals surface area contributed by atoms with Gasteiger partial charge in [-0.15, -0.1) is 0 Å². The number of phenols is 1. The Balaban J connectivity index is 2.64. The van der Waals surface area contributed by atoms with Crippen molar-refractivity contribution in [2.24, 2.45) is 0 Å². The van der Waals surface area contributed by atoms with Crippen molar-refractivity contribution in [3.63, 3.8) is 0 Å². The number of anilines is 1. The summed E-state index contributed by atoms with van der Waals surface area (Å²) < 4.78 is 5.14. The van der Waals surface area contributed by atoms with E-state index in [1.54, 1.807) is 36.6 Å². The standard InChI is InChI=1S/C10H9NO2/c11-7-3-1-4-8(12)10(7)9-5-2-6-13-9/h1-6,12H,11H2. The van der Waals surface area contributed by atoms with Gasteiger partial charge in [-0.25, -0.2) is 0 Å². The van der Waals surface area contributed by atoms with Crippen LogP contribution in [0.1, 0.15) is 0 Å². The summed E-state index contributed by atoms with van der Waals surface area (Å²) >= 11 is 0. The summed E-state index contributed by atoms with van der Waals surface area (Å²) in [6.45, 7) is 0. The van der Waals surface area contributed by atoms with Gasteiger partial charge in [-0.3, -0.25) is 0 Å². The Kier molecular flexibility index (Phi) is 1.70. The van der Waals surface area contributed by atoms with Gasteiger partial charge in [0.2, 0.25) is 0 Å². The zero-order valence-electron chi connectivity index (χ0n) is 6.90. The van der Waals surface area contributed by atoms with Crippen LogP contribution >= 0.6 is 0 Å². The molecule has 3 N–H and O–H groups in total. The summed E-state index contributed by atoms with van der Waals surface area (Å²) in [6, 6.07) is 8.50. The molecular weight excluding hydrogens is 166 g/mol. The Labute approximate surface area is 75.4 Å². The van der Waals surface area contributed by atoms with E-state index >= 15 is 0 Å². The van der Waals surface area contributed by atoms with Crippen LogP contribution in [0.15, 0.2) is 41.0 Å². The first-order valence-electron chi connectivity index (χ1n) is 3.90. The van der Waals surface area contributed by atoms with Gasteiger partial charge < -0.3 is 15.3 Å². The van der Waals surface area contributed by atoms with E-state index in [1.807, 2.05) is 0 Å². The van der Waals surface area contributed by atoms with E-state index in [0.29, 0.717) is 17.0 Å². The number of furan rings is 1. The van der Waals surface area contributed by atoms with E-state index < -0.39 is 0 Å². The first-order chi connectivity index (χ1) is 6.29. The van der Waals surface area contributed by atoms with E-state index in [0.717, 1.165) is 0 Å². The molecule has 1 aromatic carbocycles. The SMILES string of the molecule is Nc1cccc(O)c1-c1ccco1. The maximum absolute atomic E-state index is 9.52. The molecule has 1 heterocycles. The lowest BCUT2D eigenvalue weighted by molar-refractivity contribution is 0.474. The van der Waals surface area contributed by atoms with Gasteiger partial charge in [-0.1, -0.05) is 6.07 Å². The molecule has 2 aromatic rings. The van der Waals surface area contributed by atoms with Crippen LogP contribution < -0.4 is 5.73 Å². The smallest absolute Gasteiger partial charge is 0.139 e. The highest BCUT2D eigenvalue weighted by molar-refractivity contribution is 5.78. The van der Waals surface area contributed by atoms with Crippen molar-refractivity contribution in [2.45, 2.75) is 0 Å². The molecule has 3 nitrogen and oxygen atoms in total. The van der Waals surface area contributed by atoms with Crippen LogP contribution in [0.3, 0.4) is 0 Å². The normalized spacial score (nSPS) is 10.2. The molecule has 1 aromatic heterocycles. The van der Waals surface area contributed by atoms with Crippen molar-refractivity contribution >= 4 is 5.69 Å². The lowest BCUT2D eigenvalue weighted by atomic mass is 10.1. The number of hydrogen-bond acceptors (Lipinski definition) is 3. The Bertz CT molecular complexity index is 387. The quantitative estimate of drug-likeness (QED) is 0.653. The number of nitrogen functional groups attached to an aromatic ring is 1. The predicted octanol–water partition coefficient (Wildman–Crippen LogP) is 2.23. The third-order valence-corrected chi connectivity index (χ3v) is 1.84. The first-order valence-corrected chi connectivity index (χ1v) is 3.90. The molecule has 3 heteroatoms. The first kappa shape index (κ1) is 7.73. The van der Waals surface area contributed by atoms with E-state index in [4.69, 9.17) is 10.2 Å². The predicted molar refractivity (Wildman–Crippen MR) is 50.2 cm³/mol. The van der Waals surface area contributed by atoms with Crippen molar-refractivity contribution < 1.29 is 9.52 Å². The Morgan fingerprint density at radius 1 is 1.15 bits per heavy atom. The second-order valence-corrected chi connectivity index (χ2v) is 2.72. The Morgan fingerprint density at radius 3 is 2.62 bits per heavy atom. The van der Waals surface area contributed by atoms with Crippen LogP contribution in [-0.2, 0) is 0 Å². The van der Waals surface area contributed by atoms with Crippen LogP contribution in [0.5, 0.6) is 5.75 Å². The fourth-order valence-corrected chi connectivity index (χ4v) is 1.25. The molecule has 0 atom stereocenters. The van der Waals surface area contributed by atoms with Gasteiger partial charge in [-0.2, -0.15) is 0 Å². The van der Waals surface area contributed by atoms with Crippen LogP contribution in [0.2, 0.25) is 0 Å². The van der Waals surface area contributed by atoms with Crippen molar-refractivity contribution in [2.75, 3.05) is 5.73 Å². The third-order valence-electron chi connectivity index (χ3n) is 1.84. The number of hydrogen-bond donors (Lipinski definition) is 2. The third kappa shape index (κ3) is 1.24. The maximum atomic E-state index is 9.52. The molecule has 0 spiro atoms. The van der Waals surface area contributed by atoms with Gasteiger partial charge in [0.15, 0.2) is 0 Å². The fourth-order valence-electron chi connectivity index (χ4n) is 1.25. The van der Waals surface area contributed by atoms with Crippen molar-refractivity contribution in [1.29, 1.82) is 0 Å². The second kappa shape index (κ2) is 2.86. The molecule has 0 fully saturated rings. The van der Waals surface area contributed by atoms with E-state index in [2.05, 4.69) is 0 Å². The van der Waals surface area contributed by atoms with Crippen LogP contribution in [-0.4, -0.2) is 5.11 Å².